The number of hydrogen-bond donors (Lipinski definition) is 2. The summed E-state index contributed by atoms with van der Waals surface area (Å²) < 4.78 is 12.0. The largest absolute Gasteiger partial charge is 0.490 e. The van der Waals surface area contributed by atoms with Crippen molar-refractivity contribution in [2.24, 2.45) is 5.73 Å². The number of carbonyl (C=O) groups is 1. The van der Waals surface area contributed by atoms with Gasteiger partial charge in [-0.05, 0) is 40.2 Å². The van der Waals surface area contributed by atoms with Crippen molar-refractivity contribution in [2.45, 2.75) is 19.4 Å². The lowest BCUT2D eigenvalue weighted by Gasteiger charge is -2.17. The molecule has 1 atom stereocenters. The Bertz CT molecular complexity index is 479. The number of halogens is 1. The Hall–Kier alpha value is -1.27. The lowest BCUT2D eigenvalue weighted by molar-refractivity contribution is -0.120. The first-order valence-electron chi connectivity index (χ1n) is 6.25. The summed E-state index contributed by atoms with van der Waals surface area (Å²) in [5, 5.41) is 3.06. The van der Waals surface area contributed by atoms with Gasteiger partial charge in [0.25, 0.3) is 0 Å². The topological polar surface area (TPSA) is 73.6 Å². The van der Waals surface area contributed by atoms with Crippen LogP contribution in [0, 0.1) is 0 Å². The molecule has 19 heavy (non-hydrogen) atoms. The quantitative estimate of drug-likeness (QED) is 0.883. The molecule has 104 valence electrons. The number of amides is 1. The maximum absolute atomic E-state index is 11.5. The molecule has 0 bridgehead atoms. The molecular formula is C13H17BrN2O3. The zero-order valence-electron chi connectivity index (χ0n) is 10.7. The zero-order valence-corrected chi connectivity index (χ0v) is 12.3. The molecule has 0 fully saturated rings. The molecule has 2 rings (SSSR count). The van der Waals surface area contributed by atoms with Gasteiger partial charge in [0, 0.05) is 6.42 Å². The Labute approximate surface area is 120 Å². The standard InChI is InChI=1S/C13H17BrN2O3/c1-2-16-11(13(15)17)8-6-9(14)12-10(7-8)18-4-3-5-19-12/h6-7,11,16H,2-5H2,1H3,(H2,15,17). The number of likely N-dealkylation sites (N-methyl/N-ethyl adjacent to an activating group) is 1. The van der Waals surface area contributed by atoms with E-state index in [0.717, 1.165) is 16.5 Å². The maximum Gasteiger partial charge on any atom is 0.239 e. The highest BCUT2D eigenvalue weighted by molar-refractivity contribution is 9.10. The molecule has 0 spiro atoms. The molecule has 1 unspecified atom stereocenters. The summed E-state index contributed by atoms with van der Waals surface area (Å²) in [7, 11) is 0. The van der Waals surface area contributed by atoms with Crippen LogP contribution in [-0.2, 0) is 4.79 Å². The van der Waals surface area contributed by atoms with Crippen LogP contribution < -0.4 is 20.5 Å². The Morgan fingerprint density at radius 1 is 1.47 bits per heavy atom. The molecule has 1 aliphatic heterocycles. The number of nitrogens with two attached hydrogens (primary N) is 1. The van der Waals surface area contributed by atoms with E-state index in [4.69, 9.17) is 15.2 Å². The van der Waals surface area contributed by atoms with Crippen LogP contribution in [-0.4, -0.2) is 25.7 Å². The lowest BCUT2D eigenvalue weighted by atomic mass is 10.1. The van der Waals surface area contributed by atoms with E-state index >= 15 is 0 Å². The van der Waals surface area contributed by atoms with Crippen LogP contribution in [0.4, 0.5) is 0 Å². The van der Waals surface area contributed by atoms with Gasteiger partial charge in [0.2, 0.25) is 5.91 Å². The molecular weight excluding hydrogens is 312 g/mol. The van der Waals surface area contributed by atoms with E-state index in [1.54, 1.807) is 0 Å². The maximum atomic E-state index is 11.5. The number of ether oxygens (including phenoxy) is 2. The van der Waals surface area contributed by atoms with Crippen LogP contribution in [0.1, 0.15) is 24.9 Å². The van der Waals surface area contributed by atoms with Gasteiger partial charge in [0.05, 0.1) is 17.7 Å². The van der Waals surface area contributed by atoms with Gasteiger partial charge in [0.1, 0.15) is 6.04 Å². The highest BCUT2D eigenvalue weighted by Crippen LogP contribution is 2.39. The van der Waals surface area contributed by atoms with E-state index in [1.807, 2.05) is 19.1 Å². The van der Waals surface area contributed by atoms with Crippen LogP contribution >= 0.6 is 15.9 Å². The summed E-state index contributed by atoms with van der Waals surface area (Å²) in [4.78, 5) is 11.5. The number of rotatable bonds is 4. The minimum Gasteiger partial charge on any atom is -0.490 e. The Kier molecular flexibility index (Phi) is 4.66. The molecule has 1 heterocycles. The van der Waals surface area contributed by atoms with Gasteiger partial charge in [-0.1, -0.05) is 6.92 Å². The first kappa shape index (κ1) is 14.1. The second-order valence-electron chi connectivity index (χ2n) is 4.27. The normalized spacial score (nSPS) is 15.7. The minimum absolute atomic E-state index is 0.414. The van der Waals surface area contributed by atoms with Crippen LogP contribution in [0.2, 0.25) is 0 Å². The van der Waals surface area contributed by atoms with Crippen molar-refractivity contribution in [2.75, 3.05) is 19.8 Å². The van der Waals surface area contributed by atoms with Crippen molar-refractivity contribution in [3.63, 3.8) is 0 Å². The van der Waals surface area contributed by atoms with E-state index in [2.05, 4.69) is 21.2 Å². The molecule has 1 amide bonds. The minimum atomic E-state index is -0.529. The highest BCUT2D eigenvalue weighted by atomic mass is 79.9. The first-order valence-corrected chi connectivity index (χ1v) is 7.04. The van der Waals surface area contributed by atoms with Crippen molar-refractivity contribution in [3.8, 4) is 11.5 Å². The number of benzene rings is 1. The van der Waals surface area contributed by atoms with Gasteiger partial charge >= 0.3 is 0 Å². The first-order chi connectivity index (χ1) is 9.13. The van der Waals surface area contributed by atoms with E-state index < -0.39 is 11.9 Å². The van der Waals surface area contributed by atoms with E-state index in [9.17, 15) is 4.79 Å². The molecule has 3 N–H and O–H groups in total. The summed E-state index contributed by atoms with van der Waals surface area (Å²) in [6.07, 6.45) is 0.836. The number of hydrogen-bond acceptors (Lipinski definition) is 4. The number of carbonyl (C=O) groups excluding carboxylic acids is 1. The molecule has 1 aromatic rings. The van der Waals surface area contributed by atoms with Gasteiger partial charge in [-0.15, -0.1) is 0 Å². The van der Waals surface area contributed by atoms with Crippen molar-refractivity contribution in [3.05, 3.63) is 22.2 Å². The number of primary amides is 1. The average molecular weight is 329 g/mol. The second kappa shape index (κ2) is 6.25. The number of nitrogens with one attached hydrogen (secondary N) is 1. The third kappa shape index (κ3) is 3.19. The fourth-order valence-electron chi connectivity index (χ4n) is 2.00. The van der Waals surface area contributed by atoms with Crippen LogP contribution in [0.5, 0.6) is 11.5 Å². The number of fused-ring (bicyclic) bond motifs is 1. The molecule has 0 saturated heterocycles. The second-order valence-corrected chi connectivity index (χ2v) is 5.13. The summed E-state index contributed by atoms with van der Waals surface area (Å²) in [6.45, 7) is 3.80. The molecule has 6 heteroatoms. The fourth-order valence-corrected chi connectivity index (χ4v) is 2.58. The van der Waals surface area contributed by atoms with Crippen LogP contribution in [0.25, 0.3) is 0 Å². The Morgan fingerprint density at radius 2 is 2.21 bits per heavy atom. The SMILES string of the molecule is CCNC(C(N)=O)c1cc(Br)c2c(c1)OCCCO2. The van der Waals surface area contributed by atoms with Gasteiger partial charge in [-0.2, -0.15) is 0 Å². The molecule has 0 saturated carbocycles. The molecule has 1 aliphatic rings. The molecule has 1 aromatic carbocycles. The Balaban J connectivity index is 2.39. The summed E-state index contributed by atoms with van der Waals surface area (Å²) >= 11 is 3.45. The van der Waals surface area contributed by atoms with Crippen LogP contribution in [0.3, 0.4) is 0 Å². The summed E-state index contributed by atoms with van der Waals surface area (Å²) in [5.41, 5.74) is 6.19. The van der Waals surface area contributed by atoms with E-state index in [-0.39, 0.29) is 0 Å². The summed E-state index contributed by atoms with van der Waals surface area (Å²) in [6, 6.07) is 3.12. The van der Waals surface area contributed by atoms with Crippen molar-refractivity contribution in [1.29, 1.82) is 0 Å². The van der Waals surface area contributed by atoms with Crippen molar-refractivity contribution >= 4 is 21.8 Å². The highest BCUT2D eigenvalue weighted by Gasteiger charge is 2.22. The van der Waals surface area contributed by atoms with Crippen molar-refractivity contribution < 1.29 is 14.3 Å². The van der Waals surface area contributed by atoms with Gasteiger partial charge in [0.15, 0.2) is 11.5 Å². The van der Waals surface area contributed by atoms with E-state index in [0.29, 0.717) is 31.3 Å². The third-order valence-electron chi connectivity index (χ3n) is 2.85. The van der Waals surface area contributed by atoms with Crippen molar-refractivity contribution in [1.82, 2.24) is 5.32 Å². The van der Waals surface area contributed by atoms with Gasteiger partial charge < -0.3 is 20.5 Å². The lowest BCUT2D eigenvalue weighted by Crippen LogP contribution is -2.33. The average Bonchev–Trinajstić information content (AvgIpc) is 2.61. The van der Waals surface area contributed by atoms with Gasteiger partial charge in [-0.3, -0.25) is 4.79 Å². The molecule has 0 aromatic heterocycles. The molecule has 0 radical (unpaired) electrons. The van der Waals surface area contributed by atoms with Crippen LogP contribution in [0.15, 0.2) is 16.6 Å². The fraction of sp³-hybridized carbons (Fsp3) is 0.462. The predicted octanol–water partition coefficient (Wildman–Crippen LogP) is 1.75. The molecule has 0 aliphatic carbocycles. The van der Waals surface area contributed by atoms with E-state index in [1.165, 1.54) is 0 Å². The monoisotopic (exact) mass is 328 g/mol. The van der Waals surface area contributed by atoms with Gasteiger partial charge in [-0.25, -0.2) is 0 Å². The Morgan fingerprint density at radius 3 is 2.89 bits per heavy atom. The summed E-state index contributed by atoms with van der Waals surface area (Å²) in [5.74, 6) is 0.912. The zero-order chi connectivity index (χ0) is 13.8. The molecule has 5 nitrogen and oxygen atoms in total. The third-order valence-corrected chi connectivity index (χ3v) is 3.44. The smallest absolute Gasteiger partial charge is 0.239 e. The predicted molar refractivity (Wildman–Crippen MR) is 75.4 cm³/mol.